The molecule has 0 fully saturated rings. The molecule has 0 aromatic carbocycles. The van der Waals surface area contributed by atoms with Crippen molar-refractivity contribution in [1.82, 2.24) is 0 Å². The van der Waals surface area contributed by atoms with E-state index < -0.39 is 0 Å². The maximum atomic E-state index is 3.84. The molecule has 0 bridgehead atoms. The Hall–Kier alpha value is -0.780. The molecule has 0 unspecified atom stereocenters. The molecule has 0 saturated carbocycles. The summed E-state index contributed by atoms with van der Waals surface area (Å²) in [4.78, 5) is 0. The van der Waals surface area contributed by atoms with Crippen LogP contribution in [0.5, 0.6) is 0 Å². The minimum atomic E-state index is 1.18. The largest absolute Gasteiger partial charge is 0.0845 e. The van der Waals surface area contributed by atoms with Crippen LogP contribution in [0.4, 0.5) is 0 Å². The first kappa shape index (κ1) is 19.5. The second-order valence-electron chi connectivity index (χ2n) is 7.76. The first-order valence-corrected chi connectivity index (χ1v) is 10.9. The summed E-state index contributed by atoms with van der Waals surface area (Å²) in [5.74, 6) is 0. The summed E-state index contributed by atoms with van der Waals surface area (Å²) in [6.07, 6.45) is 35.7. The van der Waals surface area contributed by atoms with E-state index in [1.165, 1.54) is 116 Å². The van der Waals surface area contributed by atoms with Gasteiger partial charge in [0.15, 0.2) is 0 Å². The van der Waals surface area contributed by atoms with Crippen molar-refractivity contribution in [3.8, 4) is 0 Å². The Kier molecular flexibility index (Phi) is 11.0. The van der Waals surface area contributed by atoms with Gasteiger partial charge in [0.1, 0.15) is 0 Å². The van der Waals surface area contributed by atoms with E-state index in [1.54, 1.807) is 11.1 Å². The number of allylic oxidation sites excluding steroid dienone is 6. The van der Waals surface area contributed by atoms with Gasteiger partial charge >= 0.3 is 0 Å². The van der Waals surface area contributed by atoms with Gasteiger partial charge < -0.3 is 0 Å². The highest BCUT2D eigenvalue weighted by Crippen LogP contribution is 2.26. The zero-order valence-electron chi connectivity index (χ0n) is 16.0. The quantitative estimate of drug-likeness (QED) is 0.455. The third-order valence-electron chi connectivity index (χ3n) is 5.58. The zero-order valence-corrected chi connectivity index (χ0v) is 16.0. The summed E-state index contributed by atoms with van der Waals surface area (Å²) in [6, 6.07) is 0. The molecule has 2 aliphatic carbocycles. The standard InChI is InChI=1S/C24H39/c1-2-4-7-11-15-19-23(20-16-12-8-5-3-1)24-21-17-13-9-6-10-14-18-22-24/h13,17,21H,1-12,14-16,18-19,22H2/b17-13+,23-20?,24-21-. The highest BCUT2D eigenvalue weighted by Gasteiger charge is 2.07. The van der Waals surface area contributed by atoms with Gasteiger partial charge in [-0.25, -0.2) is 0 Å². The average molecular weight is 328 g/mol. The average Bonchev–Trinajstić information content (AvgIpc) is 2.61. The first-order valence-electron chi connectivity index (χ1n) is 10.9. The van der Waals surface area contributed by atoms with Crippen LogP contribution in [0.3, 0.4) is 0 Å². The van der Waals surface area contributed by atoms with Crippen LogP contribution in [0.2, 0.25) is 0 Å². The lowest BCUT2D eigenvalue weighted by molar-refractivity contribution is 0.546. The first-order chi connectivity index (χ1) is 12.0. The summed E-state index contributed by atoms with van der Waals surface area (Å²) in [7, 11) is 0. The van der Waals surface area contributed by atoms with Crippen molar-refractivity contribution in [1.29, 1.82) is 0 Å². The molecule has 0 amide bonds. The molecule has 0 saturated heterocycles. The summed E-state index contributed by atoms with van der Waals surface area (Å²) in [5, 5.41) is 0. The second kappa shape index (κ2) is 13.5. The minimum absolute atomic E-state index is 1.18. The van der Waals surface area contributed by atoms with Crippen LogP contribution in [-0.4, -0.2) is 0 Å². The van der Waals surface area contributed by atoms with Crippen molar-refractivity contribution in [2.75, 3.05) is 0 Å². The van der Waals surface area contributed by atoms with Crippen LogP contribution in [-0.2, 0) is 0 Å². The van der Waals surface area contributed by atoms with Crippen molar-refractivity contribution in [2.45, 2.75) is 116 Å². The molecule has 1 radical (unpaired) electrons. The molecule has 2 aliphatic rings. The van der Waals surface area contributed by atoms with Gasteiger partial charge in [0, 0.05) is 0 Å². The van der Waals surface area contributed by atoms with E-state index in [9.17, 15) is 0 Å². The van der Waals surface area contributed by atoms with Gasteiger partial charge in [0.25, 0.3) is 0 Å². The predicted molar refractivity (Wildman–Crippen MR) is 107 cm³/mol. The Labute approximate surface area is 151 Å². The molecular weight excluding hydrogens is 288 g/mol. The van der Waals surface area contributed by atoms with E-state index in [0.29, 0.717) is 0 Å². The molecule has 24 heavy (non-hydrogen) atoms. The summed E-state index contributed by atoms with van der Waals surface area (Å²) >= 11 is 0. The Morgan fingerprint density at radius 3 is 1.92 bits per heavy atom. The monoisotopic (exact) mass is 327 g/mol. The fourth-order valence-electron chi connectivity index (χ4n) is 3.99. The Bertz CT molecular complexity index is 396. The molecule has 0 atom stereocenters. The molecule has 0 spiro atoms. The normalized spacial score (nSPS) is 29.3. The van der Waals surface area contributed by atoms with E-state index in [2.05, 4.69) is 24.3 Å². The van der Waals surface area contributed by atoms with Gasteiger partial charge in [-0.15, -0.1) is 0 Å². The van der Waals surface area contributed by atoms with Crippen molar-refractivity contribution >= 4 is 0 Å². The van der Waals surface area contributed by atoms with E-state index in [0.717, 1.165) is 0 Å². The van der Waals surface area contributed by atoms with Crippen molar-refractivity contribution < 1.29 is 0 Å². The molecule has 0 aromatic rings. The molecule has 2 rings (SSSR count). The third-order valence-corrected chi connectivity index (χ3v) is 5.58. The second-order valence-corrected chi connectivity index (χ2v) is 7.76. The maximum Gasteiger partial charge on any atom is -0.0273 e. The van der Waals surface area contributed by atoms with Crippen LogP contribution < -0.4 is 0 Å². The highest BCUT2D eigenvalue weighted by atomic mass is 14.1. The molecule has 0 nitrogen and oxygen atoms in total. The lowest BCUT2D eigenvalue weighted by Gasteiger charge is -2.14. The number of rotatable bonds is 1. The van der Waals surface area contributed by atoms with Crippen LogP contribution in [0.15, 0.2) is 29.4 Å². The lowest BCUT2D eigenvalue weighted by atomic mass is 9.92. The summed E-state index contributed by atoms with van der Waals surface area (Å²) in [6.45, 7) is 0. The zero-order chi connectivity index (χ0) is 16.7. The lowest BCUT2D eigenvalue weighted by Crippen LogP contribution is -1.95. The molecule has 0 heteroatoms. The van der Waals surface area contributed by atoms with Gasteiger partial charge in [-0.2, -0.15) is 0 Å². The van der Waals surface area contributed by atoms with Crippen molar-refractivity contribution in [2.24, 2.45) is 0 Å². The maximum absolute atomic E-state index is 3.84. The van der Waals surface area contributed by atoms with Gasteiger partial charge in [0.2, 0.25) is 0 Å². The topological polar surface area (TPSA) is 0 Å². The number of hydrogen-bond donors (Lipinski definition) is 0. The summed E-state index contributed by atoms with van der Waals surface area (Å²) < 4.78 is 0. The molecule has 0 N–H and O–H groups in total. The summed E-state index contributed by atoms with van der Waals surface area (Å²) in [5.41, 5.74) is 3.16. The molecular formula is C24H39. The van der Waals surface area contributed by atoms with Crippen LogP contribution in [0.1, 0.15) is 116 Å². The fraction of sp³-hybridized carbons (Fsp3) is 0.750. The highest BCUT2D eigenvalue weighted by molar-refractivity contribution is 5.32. The fourth-order valence-corrected chi connectivity index (χ4v) is 3.99. The minimum Gasteiger partial charge on any atom is -0.0845 e. The molecule has 0 aromatic heterocycles. The van der Waals surface area contributed by atoms with Crippen LogP contribution in [0, 0.1) is 6.08 Å². The Morgan fingerprint density at radius 2 is 1.17 bits per heavy atom. The molecule has 135 valence electrons. The van der Waals surface area contributed by atoms with E-state index >= 15 is 0 Å². The smallest absolute Gasteiger partial charge is 0.0273 e. The van der Waals surface area contributed by atoms with Crippen LogP contribution >= 0.6 is 0 Å². The number of hydrogen-bond acceptors (Lipinski definition) is 0. The SMILES string of the molecule is [C]1=C(/C2=C\C=C\CCCCCC2)CCCCCCCCCCCC/1. The van der Waals surface area contributed by atoms with Crippen molar-refractivity contribution in [3.63, 3.8) is 0 Å². The van der Waals surface area contributed by atoms with E-state index in [4.69, 9.17) is 0 Å². The van der Waals surface area contributed by atoms with Crippen molar-refractivity contribution in [3.05, 3.63) is 35.5 Å². The van der Waals surface area contributed by atoms with Gasteiger partial charge in [0.05, 0.1) is 0 Å². The van der Waals surface area contributed by atoms with E-state index in [1.807, 2.05) is 0 Å². The van der Waals surface area contributed by atoms with Gasteiger partial charge in [-0.1, -0.05) is 82.4 Å². The van der Waals surface area contributed by atoms with E-state index in [-0.39, 0.29) is 0 Å². The van der Waals surface area contributed by atoms with Gasteiger partial charge in [-0.05, 0) is 68.6 Å². The molecule has 0 heterocycles. The third kappa shape index (κ3) is 8.90. The molecule has 0 aliphatic heterocycles. The Morgan fingerprint density at radius 1 is 0.583 bits per heavy atom. The van der Waals surface area contributed by atoms with Crippen LogP contribution in [0.25, 0.3) is 0 Å². The van der Waals surface area contributed by atoms with Gasteiger partial charge in [-0.3, -0.25) is 0 Å². The Balaban J connectivity index is 1.97. The predicted octanol–water partition coefficient (Wildman–Crippen LogP) is 8.25.